The summed E-state index contributed by atoms with van der Waals surface area (Å²) in [5.74, 6) is -0.205. The van der Waals surface area contributed by atoms with Gasteiger partial charge in [0.25, 0.3) is 0 Å². The molecule has 16 heteroatoms. The Morgan fingerprint density at radius 2 is 1.69 bits per heavy atom. The summed E-state index contributed by atoms with van der Waals surface area (Å²) in [5, 5.41) is 33.4. The number of phenols is 1. The number of nitrogens with one attached hydrogen (secondary N) is 3. The maximum absolute atomic E-state index is 13.4. The molecule has 62 heavy (non-hydrogen) atoms. The number of methoxy groups -OCH3 is 1. The minimum absolute atomic E-state index is 0.00349. The average molecular weight is 924 g/mol. The van der Waals surface area contributed by atoms with Crippen LogP contribution in [0.25, 0.3) is 10.9 Å². The number of aromatic hydroxyl groups is 1. The van der Waals surface area contributed by atoms with Crippen molar-refractivity contribution in [1.82, 2.24) is 15.2 Å². The highest BCUT2D eigenvalue weighted by Gasteiger charge is 2.45. The maximum atomic E-state index is 13.4. The van der Waals surface area contributed by atoms with Crippen molar-refractivity contribution >= 4 is 71.1 Å². The van der Waals surface area contributed by atoms with Gasteiger partial charge >= 0.3 is 5.97 Å². The molecule has 6 rings (SSSR count). The Hall–Kier alpha value is -4.06. The molecule has 5 aromatic rings. The normalized spacial score (nSPS) is 16.7. The monoisotopic (exact) mass is 922 g/mol. The lowest BCUT2D eigenvalue weighted by molar-refractivity contribution is -0.169. The van der Waals surface area contributed by atoms with Crippen molar-refractivity contribution in [3.8, 4) is 11.5 Å². The summed E-state index contributed by atoms with van der Waals surface area (Å²) in [6.07, 6.45) is 3.12. The van der Waals surface area contributed by atoms with Gasteiger partial charge in [0.15, 0.2) is 8.32 Å². The molecular formula is C46H59ClN4O8S2Si. The third-order valence-corrected chi connectivity index (χ3v) is 19.1. The number of pyridine rings is 1. The van der Waals surface area contributed by atoms with E-state index in [4.69, 9.17) is 25.5 Å². The van der Waals surface area contributed by atoms with Crippen molar-refractivity contribution in [3.63, 3.8) is 0 Å². The van der Waals surface area contributed by atoms with Crippen molar-refractivity contribution in [1.29, 1.82) is 0 Å². The number of amides is 1. The van der Waals surface area contributed by atoms with Gasteiger partial charge in [-0.3, -0.25) is 9.59 Å². The van der Waals surface area contributed by atoms with E-state index in [1.807, 2.05) is 42.1 Å². The Kier molecular flexibility index (Phi) is 15.4. The fraction of sp³-hybridized carbons (Fsp3) is 0.457. The molecule has 3 heterocycles. The van der Waals surface area contributed by atoms with Crippen LogP contribution in [-0.4, -0.2) is 86.2 Å². The van der Waals surface area contributed by atoms with E-state index < -0.39 is 19.9 Å². The molecule has 5 N–H and O–H groups in total. The van der Waals surface area contributed by atoms with Gasteiger partial charge in [0.2, 0.25) is 17.1 Å². The van der Waals surface area contributed by atoms with E-state index in [-0.39, 0.29) is 46.9 Å². The van der Waals surface area contributed by atoms with Gasteiger partial charge < -0.3 is 44.6 Å². The second-order valence-corrected chi connectivity index (χ2v) is 24.6. The molecule has 1 fully saturated rings. The quantitative estimate of drug-likeness (QED) is 0.0326. The molecule has 0 unspecified atom stereocenters. The molecule has 12 nitrogen and oxygen atoms in total. The number of phenolic OH excluding ortho intramolecular Hbond substituents is 1. The van der Waals surface area contributed by atoms with Gasteiger partial charge in [-0.1, -0.05) is 50.6 Å². The predicted octanol–water partition coefficient (Wildman–Crippen LogP) is 8.96. The van der Waals surface area contributed by atoms with Gasteiger partial charge in [-0.05, 0) is 116 Å². The van der Waals surface area contributed by atoms with E-state index in [9.17, 15) is 24.6 Å². The molecule has 0 radical (unpaired) electrons. The van der Waals surface area contributed by atoms with Crippen LogP contribution in [0.5, 0.6) is 11.5 Å². The number of carbonyl (C=O) groups is 2. The molecule has 2 aromatic carbocycles. The van der Waals surface area contributed by atoms with Crippen LogP contribution in [0, 0.1) is 0 Å². The summed E-state index contributed by atoms with van der Waals surface area (Å²) in [4.78, 5) is 44.8. The first-order chi connectivity index (χ1) is 29.4. The summed E-state index contributed by atoms with van der Waals surface area (Å²) < 4.78 is 18.6. The van der Waals surface area contributed by atoms with E-state index in [0.717, 1.165) is 29.4 Å². The third-order valence-electron chi connectivity index (χ3n) is 12.3. The van der Waals surface area contributed by atoms with E-state index in [1.54, 1.807) is 37.4 Å². The summed E-state index contributed by atoms with van der Waals surface area (Å²) in [6, 6.07) is 17.6. The van der Waals surface area contributed by atoms with Crippen LogP contribution in [0.4, 0.5) is 5.69 Å². The van der Waals surface area contributed by atoms with Crippen molar-refractivity contribution in [2.24, 2.45) is 0 Å². The number of aliphatic hydroxyl groups is 1. The molecule has 1 saturated carbocycles. The van der Waals surface area contributed by atoms with Crippen molar-refractivity contribution in [2.75, 3.05) is 39.1 Å². The summed E-state index contributed by atoms with van der Waals surface area (Å²) in [7, 11) is 1.35. The summed E-state index contributed by atoms with van der Waals surface area (Å²) in [6.45, 7) is 12.6. The van der Waals surface area contributed by atoms with E-state index in [2.05, 4.69) is 54.4 Å². The maximum Gasteiger partial charge on any atom is 0.349 e. The number of fused-ring (bicyclic) bond motifs is 1. The Balaban J connectivity index is 0.999. The zero-order valence-electron chi connectivity index (χ0n) is 36.5. The number of thiophene rings is 2. The number of halogens is 1. The SMILES string of the molecule is COc1cc(NC(=O)CCN(C)[C@H]2CC[C@H](OC(=O)C(O)(c3cccs3)c3cccs3)CC2)c(Cl)cc1CCNC[C@H](O[Si](C)(C)C(C)(C)C)c1ccc(O)c2[nH]c(=O)ccc12. The van der Waals surface area contributed by atoms with Crippen molar-refractivity contribution < 1.29 is 33.7 Å². The lowest BCUT2D eigenvalue weighted by atomic mass is 9.91. The van der Waals surface area contributed by atoms with Gasteiger partial charge in [0.05, 0.1) is 39.2 Å². The molecule has 0 saturated heterocycles. The number of hydrogen-bond donors (Lipinski definition) is 5. The van der Waals surface area contributed by atoms with E-state index >= 15 is 0 Å². The fourth-order valence-electron chi connectivity index (χ4n) is 7.62. The van der Waals surface area contributed by atoms with E-state index in [0.29, 0.717) is 70.6 Å². The molecule has 0 spiro atoms. The average Bonchev–Trinajstić information content (AvgIpc) is 3.99. The second-order valence-electron chi connectivity index (χ2n) is 17.5. The van der Waals surface area contributed by atoms with Gasteiger partial charge in [-0.15, -0.1) is 22.7 Å². The first-order valence-electron chi connectivity index (χ1n) is 21.0. The summed E-state index contributed by atoms with van der Waals surface area (Å²) in [5.41, 5.74) is 0.490. The molecule has 1 aliphatic rings. The zero-order valence-corrected chi connectivity index (χ0v) is 39.9. The lowest BCUT2D eigenvalue weighted by Crippen LogP contribution is -2.43. The third kappa shape index (κ3) is 11.0. The molecule has 1 amide bonds. The zero-order chi connectivity index (χ0) is 44.8. The number of carbonyl (C=O) groups excluding carboxylic acids is 2. The Morgan fingerprint density at radius 1 is 1.02 bits per heavy atom. The van der Waals surface area contributed by atoms with Crippen LogP contribution in [0.15, 0.2) is 76.2 Å². The van der Waals surface area contributed by atoms with Gasteiger partial charge in [-0.2, -0.15) is 0 Å². The van der Waals surface area contributed by atoms with Gasteiger partial charge in [0, 0.05) is 43.1 Å². The number of anilines is 1. The Labute approximate surface area is 377 Å². The molecule has 3 aromatic heterocycles. The molecular weight excluding hydrogens is 864 g/mol. The van der Waals surface area contributed by atoms with Crippen molar-refractivity contribution in [2.45, 2.75) is 101 Å². The number of rotatable bonds is 18. The minimum Gasteiger partial charge on any atom is -0.506 e. The smallest absolute Gasteiger partial charge is 0.349 e. The number of nitrogens with zero attached hydrogens (tertiary/aromatic N) is 1. The minimum atomic E-state index is -2.25. The molecule has 1 atom stereocenters. The number of H-pyrrole nitrogens is 1. The van der Waals surface area contributed by atoms with Crippen LogP contribution in [0.2, 0.25) is 23.2 Å². The van der Waals surface area contributed by atoms with Crippen LogP contribution >= 0.6 is 34.3 Å². The number of benzene rings is 2. The van der Waals surface area contributed by atoms with E-state index in [1.165, 1.54) is 28.7 Å². The fourth-order valence-corrected chi connectivity index (χ4v) is 10.8. The first-order valence-corrected chi connectivity index (χ1v) is 26.1. The Bertz CT molecular complexity index is 2320. The highest BCUT2D eigenvalue weighted by molar-refractivity contribution is 7.12. The largest absolute Gasteiger partial charge is 0.506 e. The van der Waals surface area contributed by atoms with Gasteiger partial charge in [-0.25, -0.2) is 4.79 Å². The highest BCUT2D eigenvalue weighted by atomic mass is 35.5. The van der Waals surface area contributed by atoms with Crippen LogP contribution in [-0.2, 0) is 30.8 Å². The first kappa shape index (κ1) is 47.4. The molecule has 0 aliphatic heterocycles. The standard InChI is InChI=1S/C46H59ClN4O8S2Si/c1-45(2,3)62(6,7)59-38(32-16-18-36(52)43-33(32)17-19-41(53)50-43)28-48-22-20-29-26-34(47)35(27-37(29)57-5)49-42(54)21-23-51(4)30-12-14-31(15-13-30)58-44(55)46(56,39-10-8-24-60-39)40-11-9-25-61-40/h8-11,16-19,24-27,30-31,38,48,52,56H,12-15,20-23,28H2,1-7H3,(H,49,54)(H,50,53)/t30-,31-,38-/m0/s1. The van der Waals surface area contributed by atoms with Crippen LogP contribution in [0.1, 0.15) is 79.9 Å². The lowest BCUT2D eigenvalue weighted by Gasteiger charge is -2.39. The topological polar surface area (TPSA) is 162 Å². The molecule has 334 valence electrons. The Morgan fingerprint density at radius 3 is 2.31 bits per heavy atom. The van der Waals surface area contributed by atoms with Gasteiger partial charge in [0.1, 0.15) is 17.6 Å². The number of aromatic amines is 1. The molecule has 1 aliphatic carbocycles. The number of aromatic nitrogens is 1. The molecule has 0 bridgehead atoms. The van der Waals surface area contributed by atoms with Crippen LogP contribution < -0.4 is 20.9 Å². The van der Waals surface area contributed by atoms with Crippen molar-refractivity contribution in [3.05, 3.63) is 108 Å². The number of hydrogen-bond acceptors (Lipinski definition) is 12. The number of esters is 1. The summed E-state index contributed by atoms with van der Waals surface area (Å²) >= 11 is 9.40. The predicted molar refractivity (Wildman–Crippen MR) is 251 cm³/mol. The second kappa shape index (κ2) is 20.2. The highest BCUT2D eigenvalue weighted by Crippen LogP contribution is 2.42. The van der Waals surface area contributed by atoms with Crippen LogP contribution in [0.3, 0.4) is 0 Å². The number of ether oxygens (including phenoxy) is 2.